The number of furan rings is 1. The minimum atomic E-state index is 0.524. The lowest BCUT2D eigenvalue weighted by Gasteiger charge is -2.16. The standard InChI is InChI=1S/C57H35N5O/c1-4-17-36(18-5-1)39-31-32-40(37-19-6-2-7-20-37)50(33-39)61-48-28-13-10-23-41(48)46-34-47-42-24-11-14-29-49(42)62(52(47)35-51(46)61)57-59-55(38-21-8-3-9-22-38)58-56(60-57)45-27-16-26-44-43-25-12-15-30-53(43)63-54(44)45/h1-35H. The monoisotopic (exact) mass is 805 g/mol. The first-order chi connectivity index (χ1) is 31.2. The third-order valence-electron chi connectivity index (χ3n) is 12.4. The van der Waals surface area contributed by atoms with Crippen molar-refractivity contribution in [3.63, 3.8) is 0 Å². The molecule has 0 aliphatic carbocycles. The minimum Gasteiger partial charge on any atom is -0.455 e. The van der Waals surface area contributed by atoms with Gasteiger partial charge in [-0.3, -0.25) is 4.57 Å². The highest BCUT2D eigenvalue weighted by molar-refractivity contribution is 6.19. The summed E-state index contributed by atoms with van der Waals surface area (Å²) in [5.74, 6) is 1.64. The number of rotatable bonds is 6. The van der Waals surface area contributed by atoms with Crippen LogP contribution < -0.4 is 0 Å². The maximum absolute atomic E-state index is 6.56. The van der Waals surface area contributed by atoms with E-state index in [1.54, 1.807) is 0 Å². The molecule has 294 valence electrons. The molecule has 9 aromatic carbocycles. The van der Waals surface area contributed by atoms with Crippen LogP contribution >= 0.6 is 0 Å². The van der Waals surface area contributed by atoms with E-state index >= 15 is 0 Å². The second-order valence-electron chi connectivity index (χ2n) is 16.0. The highest BCUT2D eigenvalue weighted by atomic mass is 16.3. The number of benzene rings is 9. The summed E-state index contributed by atoms with van der Waals surface area (Å²) in [5.41, 5.74) is 13.2. The number of nitrogens with zero attached hydrogens (tertiary/aromatic N) is 5. The van der Waals surface area contributed by atoms with Crippen molar-refractivity contribution in [3.8, 4) is 56.7 Å². The second kappa shape index (κ2) is 14.0. The highest BCUT2D eigenvalue weighted by Crippen LogP contribution is 2.43. The Morgan fingerprint density at radius 2 is 0.889 bits per heavy atom. The van der Waals surface area contributed by atoms with Gasteiger partial charge in [0.2, 0.25) is 5.95 Å². The lowest BCUT2D eigenvalue weighted by molar-refractivity contribution is 0.669. The maximum atomic E-state index is 6.56. The Kier molecular flexibility index (Phi) is 7.80. The van der Waals surface area contributed by atoms with E-state index in [0.717, 1.165) is 88.3 Å². The van der Waals surface area contributed by atoms with Gasteiger partial charge in [0, 0.05) is 43.4 Å². The van der Waals surface area contributed by atoms with Crippen molar-refractivity contribution in [2.45, 2.75) is 0 Å². The smallest absolute Gasteiger partial charge is 0.238 e. The molecule has 0 radical (unpaired) electrons. The summed E-state index contributed by atoms with van der Waals surface area (Å²) >= 11 is 0. The van der Waals surface area contributed by atoms with Gasteiger partial charge in [0.25, 0.3) is 0 Å². The van der Waals surface area contributed by atoms with Crippen molar-refractivity contribution in [1.29, 1.82) is 0 Å². The van der Waals surface area contributed by atoms with Gasteiger partial charge in [0.1, 0.15) is 11.2 Å². The summed E-state index contributed by atoms with van der Waals surface area (Å²) in [6.07, 6.45) is 0. The summed E-state index contributed by atoms with van der Waals surface area (Å²) in [5, 5.41) is 6.66. The summed E-state index contributed by atoms with van der Waals surface area (Å²) in [6, 6.07) is 74.6. The molecule has 0 aliphatic rings. The van der Waals surface area contributed by atoms with Crippen molar-refractivity contribution in [3.05, 3.63) is 212 Å². The van der Waals surface area contributed by atoms with E-state index in [0.29, 0.717) is 17.6 Å². The molecule has 4 heterocycles. The molecule has 0 saturated heterocycles. The van der Waals surface area contributed by atoms with Crippen LogP contribution in [0.4, 0.5) is 0 Å². The molecule has 0 amide bonds. The SMILES string of the molecule is c1ccc(-c2ccc(-c3ccccc3)c(-n3c4ccccc4c4cc5c6ccccc6n(-c6nc(-c7ccccc7)nc(-c7cccc8c7oc7ccccc78)n6)c5cc43)c2)cc1. The molecule has 0 saturated carbocycles. The molecule has 0 fully saturated rings. The molecular formula is C57H35N5O. The van der Waals surface area contributed by atoms with Crippen LogP contribution in [-0.4, -0.2) is 24.1 Å². The fourth-order valence-corrected chi connectivity index (χ4v) is 9.52. The lowest BCUT2D eigenvalue weighted by atomic mass is 9.98. The molecular weight excluding hydrogens is 771 g/mol. The normalized spacial score (nSPS) is 11.8. The largest absolute Gasteiger partial charge is 0.455 e. The third-order valence-corrected chi connectivity index (χ3v) is 12.4. The Morgan fingerprint density at radius 3 is 1.62 bits per heavy atom. The van der Waals surface area contributed by atoms with Gasteiger partial charge >= 0.3 is 0 Å². The van der Waals surface area contributed by atoms with E-state index in [2.05, 4.69) is 167 Å². The third kappa shape index (κ3) is 5.55. The highest BCUT2D eigenvalue weighted by Gasteiger charge is 2.23. The Labute approximate surface area is 361 Å². The van der Waals surface area contributed by atoms with Crippen LogP contribution in [0.5, 0.6) is 0 Å². The van der Waals surface area contributed by atoms with Crippen molar-refractivity contribution in [1.82, 2.24) is 24.1 Å². The Hall–Kier alpha value is -8.61. The zero-order valence-corrected chi connectivity index (χ0v) is 33.9. The molecule has 0 aliphatic heterocycles. The predicted octanol–water partition coefficient (Wildman–Crippen LogP) is 14.6. The summed E-state index contributed by atoms with van der Waals surface area (Å²) in [6.45, 7) is 0. The molecule has 63 heavy (non-hydrogen) atoms. The topological polar surface area (TPSA) is 61.7 Å². The van der Waals surface area contributed by atoms with Crippen LogP contribution in [-0.2, 0) is 0 Å². The number of hydrogen-bond donors (Lipinski definition) is 0. The Balaban J connectivity index is 1.13. The molecule has 6 heteroatoms. The molecule has 0 spiro atoms. The fraction of sp³-hybridized carbons (Fsp3) is 0. The van der Waals surface area contributed by atoms with Gasteiger partial charge in [-0.25, -0.2) is 4.98 Å². The van der Waals surface area contributed by atoms with E-state index in [1.807, 2.05) is 54.6 Å². The van der Waals surface area contributed by atoms with Crippen molar-refractivity contribution < 1.29 is 4.42 Å². The summed E-state index contributed by atoms with van der Waals surface area (Å²) in [4.78, 5) is 15.8. The molecule has 6 nitrogen and oxygen atoms in total. The fourth-order valence-electron chi connectivity index (χ4n) is 9.52. The van der Waals surface area contributed by atoms with Gasteiger partial charge in [-0.15, -0.1) is 0 Å². The maximum Gasteiger partial charge on any atom is 0.238 e. The number of fused-ring (bicyclic) bond motifs is 9. The zero-order chi connectivity index (χ0) is 41.4. The molecule has 0 bridgehead atoms. The van der Waals surface area contributed by atoms with Crippen LogP contribution in [0.2, 0.25) is 0 Å². The Bertz CT molecular complexity index is 3900. The minimum absolute atomic E-state index is 0.524. The van der Waals surface area contributed by atoms with Gasteiger partial charge < -0.3 is 8.98 Å². The van der Waals surface area contributed by atoms with Crippen molar-refractivity contribution in [2.75, 3.05) is 0 Å². The lowest BCUT2D eigenvalue weighted by Crippen LogP contribution is -2.06. The Morgan fingerprint density at radius 1 is 0.317 bits per heavy atom. The van der Waals surface area contributed by atoms with Crippen LogP contribution in [0.1, 0.15) is 0 Å². The van der Waals surface area contributed by atoms with Gasteiger partial charge in [-0.1, -0.05) is 170 Å². The van der Waals surface area contributed by atoms with E-state index in [-0.39, 0.29) is 0 Å². The first-order valence-electron chi connectivity index (χ1n) is 21.2. The van der Waals surface area contributed by atoms with Crippen LogP contribution in [0, 0.1) is 0 Å². The van der Waals surface area contributed by atoms with Crippen molar-refractivity contribution >= 4 is 65.6 Å². The van der Waals surface area contributed by atoms with Gasteiger partial charge in [0.05, 0.1) is 33.3 Å². The van der Waals surface area contributed by atoms with Crippen LogP contribution in [0.25, 0.3) is 122 Å². The predicted molar refractivity (Wildman–Crippen MR) is 258 cm³/mol. The molecule has 4 aromatic heterocycles. The summed E-state index contributed by atoms with van der Waals surface area (Å²) in [7, 11) is 0. The van der Waals surface area contributed by atoms with Gasteiger partial charge in [0.15, 0.2) is 11.6 Å². The first kappa shape index (κ1) is 35.2. The molecule has 0 N–H and O–H groups in total. The van der Waals surface area contributed by atoms with Gasteiger partial charge in [-0.05, 0) is 59.2 Å². The zero-order valence-electron chi connectivity index (χ0n) is 33.9. The van der Waals surface area contributed by atoms with Crippen LogP contribution in [0.15, 0.2) is 217 Å². The average molecular weight is 806 g/mol. The summed E-state index contributed by atoms with van der Waals surface area (Å²) < 4.78 is 11.2. The number of hydrogen-bond acceptors (Lipinski definition) is 4. The van der Waals surface area contributed by atoms with Crippen LogP contribution in [0.3, 0.4) is 0 Å². The van der Waals surface area contributed by atoms with E-state index in [4.69, 9.17) is 19.4 Å². The molecule has 13 aromatic rings. The average Bonchev–Trinajstić information content (AvgIpc) is 4.01. The first-order valence-corrected chi connectivity index (χ1v) is 21.2. The second-order valence-corrected chi connectivity index (χ2v) is 16.0. The quantitative estimate of drug-likeness (QED) is 0.168. The number of aromatic nitrogens is 5. The van der Waals surface area contributed by atoms with E-state index in [9.17, 15) is 0 Å². The molecule has 13 rings (SSSR count). The number of para-hydroxylation sites is 4. The van der Waals surface area contributed by atoms with E-state index in [1.165, 1.54) is 16.3 Å². The molecule has 0 unspecified atom stereocenters. The van der Waals surface area contributed by atoms with E-state index < -0.39 is 0 Å². The van der Waals surface area contributed by atoms with Crippen molar-refractivity contribution in [2.24, 2.45) is 0 Å². The molecule has 0 atom stereocenters. The van der Waals surface area contributed by atoms with Gasteiger partial charge in [-0.2, -0.15) is 9.97 Å².